The predicted octanol–water partition coefficient (Wildman–Crippen LogP) is 3.46. The highest BCUT2D eigenvalue weighted by molar-refractivity contribution is 6.69. The van der Waals surface area contributed by atoms with Gasteiger partial charge in [-0.15, -0.1) is 0 Å². The minimum atomic E-state index is -1.81. The molecule has 25 heavy (non-hydrogen) atoms. The maximum absolute atomic E-state index is 11.1. The lowest BCUT2D eigenvalue weighted by Gasteiger charge is -2.51. The topological polar surface area (TPSA) is 54.0 Å². The predicted molar refractivity (Wildman–Crippen MR) is 96.8 cm³/mol. The van der Waals surface area contributed by atoms with E-state index in [0.717, 1.165) is 11.8 Å². The lowest BCUT2D eigenvalue weighted by Crippen LogP contribution is -2.61. The summed E-state index contributed by atoms with van der Waals surface area (Å²) in [5, 5.41) is 0. The average Bonchev–Trinajstić information content (AvgIpc) is 2.54. The molecule has 1 aromatic carbocycles. The number of hydrogen-bond donors (Lipinski definition) is 0. The highest BCUT2D eigenvalue weighted by Crippen LogP contribution is 2.41. The van der Waals surface area contributed by atoms with Crippen molar-refractivity contribution in [2.75, 3.05) is 6.61 Å². The van der Waals surface area contributed by atoms with Crippen LogP contribution in [0.5, 0.6) is 0 Å². The molecular weight excluding hydrogens is 336 g/mol. The van der Waals surface area contributed by atoms with Gasteiger partial charge < -0.3 is 23.4 Å². The normalized spacial score (nSPS) is 35.8. The molecule has 5 atom stereocenters. The zero-order valence-electron chi connectivity index (χ0n) is 15.4. The molecule has 0 aliphatic carbocycles. The van der Waals surface area contributed by atoms with Gasteiger partial charge in [-0.25, -0.2) is 0 Å². The summed E-state index contributed by atoms with van der Waals surface area (Å²) in [7, 11) is -1.81. The molecule has 0 bridgehead atoms. The van der Waals surface area contributed by atoms with Crippen LogP contribution in [-0.2, 0) is 23.4 Å². The van der Waals surface area contributed by atoms with Crippen molar-refractivity contribution in [2.24, 2.45) is 0 Å². The third kappa shape index (κ3) is 4.38. The highest BCUT2D eigenvalue weighted by Gasteiger charge is 2.50. The second kappa shape index (κ2) is 7.29. The maximum atomic E-state index is 11.1. The van der Waals surface area contributed by atoms with E-state index in [1.165, 1.54) is 0 Å². The molecule has 0 N–H and O–H groups in total. The summed E-state index contributed by atoms with van der Waals surface area (Å²) in [5.74, 6) is 0. The first-order valence-electron chi connectivity index (χ1n) is 8.92. The summed E-state index contributed by atoms with van der Waals surface area (Å²) in [6, 6.07) is 9.93. The van der Waals surface area contributed by atoms with Crippen LogP contribution >= 0.6 is 0 Å². The van der Waals surface area contributed by atoms with Crippen molar-refractivity contribution in [3.05, 3.63) is 35.9 Å². The van der Waals surface area contributed by atoms with Crippen LogP contribution in [0.25, 0.3) is 0 Å². The van der Waals surface area contributed by atoms with Crippen LogP contribution in [0.2, 0.25) is 19.6 Å². The first-order chi connectivity index (χ1) is 11.8. The molecule has 2 aliphatic rings. The van der Waals surface area contributed by atoms with E-state index in [0.29, 0.717) is 19.4 Å². The van der Waals surface area contributed by atoms with Gasteiger partial charge in [0.15, 0.2) is 14.6 Å². The first-order valence-corrected chi connectivity index (χ1v) is 12.3. The molecule has 2 fully saturated rings. The van der Waals surface area contributed by atoms with Crippen molar-refractivity contribution < 1.29 is 23.4 Å². The number of rotatable bonds is 5. The third-order valence-corrected chi connectivity index (χ3v) is 5.75. The van der Waals surface area contributed by atoms with E-state index in [-0.39, 0.29) is 24.6 Å². The smallest absolute Gasteiger partial charge is 0.184 e. The Bertz CT molecular complexity index is 587. The zero-order chi connectivity index (χ0) is 18.1. The first kappa shape index (κ1) is 18.7. The fourth-order valence-corrected chi connectivity index (χ4v) is 5.37. The monoisotopic (exact) mass is 364 g/mol. The van der Waals surface area contributed by atoms with Gasteiger partial charge in [-0.1, -0.05) is 30.3 Å². The van der Waals surface area contributed by atoms with Gasteiger partial charge in [0, 0.05) is 18.4 Å². The highest BCUT2D eigenvalue weighted by atomic mass is 28.4. The Labute approximate surface area is 150 Å². The molecule has 138 valence electrons. The Balaban J connectivity index is 1.77. The molecule has 0 aromatic heterocycles. The molecule has 2 heterocycles. The number of benzene rings is 1. The summed E-state index contributed by atoms with van der Waals surface area (Å²) in [6.45, 7) is 8.97. The molecule has 0 spiro atoms. The van der Waals surface area contributed by atoms with Gasteiger partial charge in [0.1, 0.15) is 12.4 Å². The van der Waals surface area contributed by atoms with Gasteiger partial charge in [0.2, 0.25) is 0 Å². The molecule has 2 aliphatic heterocycles. The fourth-order valence-electron chi connectivity index (χ4n) is 3.75. The van der Waals surface area contributed by atoms with Gasteiger partial charge in [-0.3, -0.25) is 0 Å². The van der Waals surface area contributed by atoms with Crippen LogP contribution in [0.4, 0.5) is 0 Å². The second-order valence-corrected chi connectivity index (χ2v) is 12.5. The lowest BCUT2D eigenvalue weighted by atomic mass is 9.85. The van der Waals surface area contributed by atoms with E-state index in [1.54, 1.807) is 0 Å². The average molecular weight is 365 g/mol. The number of aldehydes is 1. The van der Waals surface area contributed by atoms with E-state index < -0.39 is 13.9 Å². The molecule has 3 rings (SSSR count). The van der Waals surface area contributed by atoms with E-state index in [1.807, 2.05) is 37.3 Å². The molecular formula is C19H28O5Si. The SMILES string of the molecule is C[C@@]1(O[Si](C)(C)C)C[C@@H]2O[C@H](c3ccccc3)OC[C@H]2O[C@H]1CC=O. The van der Waals surface area contributed by atoms with Crippen molar-refractivity contribution in [1.82, 2.24) is 0 Å². The van der Waals surface area contributed by atoms with Crippen LogP contribution in [0.1, 0.15) is 31.6 Å². The number of fused-ring (bicyclic) bond motifs is 1. The van der Waals surface area contributed by atoms with Crippen LogP contribution in [0.15, 0.2) is 30.3 Å². The minimum absolute atomic E-state index is 0.108. The largest absolute Gasteiger partial charge is 0.410 e. The van der Waals surface area contributed by atoms with Gasteiger partial charge in [0.25, 0.3) is 0 Å². The summed E-state index contributed by atoms with van der Waals surface area (Å²) in [4.78, 5) is 11.1. The molecule has 2 saturated heterocycles. The van der Waals surface area contributed by atoms with Crippen molar-refractivity contribution in [2.45, 2.75) is 69.6 Å². The zero-order valence-corrected chi connectivity index (χ0v) is 16.4. The molecule has 6 heteroatoms. The van der Waals surface area contributed by atoms with Gasteiger partial charge >= 0.3 is 0 Å². The molecule has 5 nitrogen and oxygen atoms in total. The van der Waals surface area contributed by atoms with Crippen molar-refractivity contribution in [1.29, 1.82) is 0 Å². The van der Waals surface area contributed by atoms with Crippen molar-refractivity contribution in [3.8, 4) is 0 Å². The van der Waals surface area contributed by atoms with E-state index in [9.17, 15) is 4.79 Å². The fraction of sp³-hybridized carbons (Fsp3) is 0.632. The molecule has 0 radical (unpaired) electrons. The third-order valence-electron chi connectivity index (χ3n) is 4.67. The lowest BCUT2D eigenvalue weighted by molar-refractivity contribution is -0.313. The van der Waals surface area contributed by atoms with E-state index >= 15 is 0 Å². The number of carbonyl (C=O) groups excluding carboxylic acids is 1. The molecule has 0 saturated carbocycles. The summed E-state index contributed by atoms with van der Waals surface area (Å²) >= 11 is 0. The maximum Gasteiger partial charge on any atom is 0.184 e. The minimum Gasteiger partial charge on any atom is -0.410 e. The Kier molecular flexibility index (Phi) is 5.46. The standard InChI is InChI=1S/C19H28O5Si/c1-19(24-25(2,3)4)12-15-16(22-17(19)10-11-20)13-21-18(23-15)14-8-6-5-7-9-14/h5-9,11,15-18H,10,12-13H2,1-4H3/t15-,16+,17-,18+,19+/m0/s1. The van der Waals surface area contributed by atoms with Crippen LogP contribution in [0.3, 0.4) is 0 Å². The van der Waals surface area contributed by atoms with Gasteiger partial charge in [-0.05, 0) is 26.6 Å². The molecule has 0 unspecified atom stereocenters. The molecule has 1 aromatic rings. The Morgan fingerprint density at radius 3 is 2.56 bits per heavy atom. The van der Waals surface area contributed by atoms with E-state index in [2.05, 4.69) is 19.6 Å². The summed E-state index contributed by atoms with van der Waals surface area (Å²) in [5.41, 5.74) is 0.481. The molecule has 0 amide bonds. The van der Waals surface area contributed by atoms with Gasteiger partial charge in [-0.2, -0.15) is 0 Å². The quantitative estimate of drug-likeness (QED) is 0.592. The second-order valence-electron chi connectivity index (χ2n) is 8.05. The summed E-state index contributed by atoms with van der Waals surface area (Å²) < 4.78 is 24.7. The van der Waals surface area contributed by atoms with Crippen LogP contribution < -0.4 is 0 Å². The van der Waals surface area contributed by atoms with E-state index in [4.69, 9.17) is 18.6 Å². The number of ether oxygens (including phenoxy) is 3. The van der Waals surface area contributed by atoms with Crippen molar-refractivity contribution >= 4 is 14.6 Å². The summed E-state index contributed by atoms with van der Waals surface area (Å²) in [6.07, 6.45) is 1.02. The number of carbonyl (C=O) groups is 1. The number of hydrogen-bond acceptors (Lipinski definition) is 5. The van der Waals surface area contributed by atoms with Crippen LogP contribution in [-0.4, -0.2) is 45.1 Å². The Hall–Kier alpha value is -1.05. The van der Waals surface area contributed by atoms with Crippen molar-refractivity contribution in [3.63, 3.8) is 0 Å². The van der Waals surface area contributed by atoms with Crippen LogP contribution in [0, 0.1) is 0 Å². The van der Waals surface area contributed by atoms with Gasteiger partial charge in [0.05, 0.1) is 24.4 Å². The Morgan fingerprint density at radius 1 is 1.20 bits per heavy atom. The Morgan fingerprint density at radius 2 is 1.92 bits per heavy atom.